The first-order chi connectivity index (χ1) is 7.86. The number of nitrogens with zero attached hydrogens (tertiary/aromatic N) is 2. The largest absolute Gasteiger partial charge is 0.449 e. The van der Waals surface area contributed by atoms with Gasteiger partial charge in [-0.2, -0.15) is 8.95 Å². The van der Waals surface area contributed by atoms with Crippen molar-refractivity contribution in [3.8, 4) is 0 Å². The Labute approximate surface area is 104 Å². The SMILES string of the molecule is Cc1nsc(=[N+]2CCCCC2)o1.[O-][Cl+3]([O-])([O-])[O-]. The number of aromatic nitrogens is 1. The average Bonchev–Trinajstić information content (AvgIpc) is 2.64. The summed E-state index contributed by atoms with van der Waals surface area (Å²) >= 11 is 1.47. The molecular weight excluding hydrogens is 272 g/mol. The van der Waals surface area contributed by atoms with Crippen LogP contribution in [-0.4, -0.2) is 17.5 Å². The van der Waals surface area contributed by atoms with Gasteiger partial charge in [0.1, 0.15) is 13.1 Å². The molecule has 2 rings (SSSR count). The minimum absolute atomic E-state index is 0.778. The Balaban J connectivity index is 0.000000249. The van der Waals surface area contributed by atoms with Gasteiger partial charge in [-0.15, -0.1) is 10.2 Å². The highest BCUT2D eigenvalue weighted by atomic mass is 35.7. The lowest BCUT2D eigenvalue weighted by Crippen LogP contribution is -2.68. The van der Waals surface area contributed by atoms with Crippen molar-refractivity contribution in [2.24, 2.45) is 0 Å². The van der Waals surface area contributed by atoms with E-state index >= 15 is 0 Å². The van der Waals surface area contributed by atoms with Crippen LogP contribution in [0.1, 0.15) is 25.2 Å². The molecule has 0 aliphatic carbocycles. The molecule has 17 heavy (non-hydrogen) atoms. The van der Waals surface area contributed by atoms with Crippen LogP contribution in [0, 0.1) is 17.2 Å². The predicted molar refractivity (Wildman–Crippen MR) is 48.0 cm³/mol. The summed E-state index contributed by atoms with van der Waals surface area (Å²) < 4.78 is 45.8. The minimum Gasteiger partial charge on any atom is -0.380 e. The summed E-state index contributed by atoms with van der Waals surface area (Å²) in [5.74, 6) is 0.778. The van der Waals surface area contributed by atoms with Crippen LogP contribution in [0.5, 0.6) is 0 Å². The Hall–Kier alpha value is -0.510. The molecule has 0 saturated carbocycles. The lowest BCUT2D eigenvalue weighted by Gasteiger charge is -2.17. The van der Waals surface area contributed by atoms with Crippen molar-refractivity contribution in [3.63, 3.8) is 0 Å². The molecule has 0 radical (unpaired) electrons. The van der Waals surface area contributed by atoms with Gasteiger partial charge in [0.25, 0.3) is 0 Å². The molecule has 1 saturated heterocycles. The number of rotatable bonds is 0. The van der Waals surface area contributed by atoms with Gasteiger partial charge in [0, 0.05) is 19.8 Å². The monoisotopic (exact) mass is 284 g/mol. The molecule has 1 aliphatic heterocycles. The number of hydrogen-bond donors (Lipinski definition) is 0. The molecule has 0 unspecified atom stereocenters. The third-order valence-electron chi connectivity index (χ3n) is 2.10. The van der Waals surface area contributed by atoms with Crippen LogP contribution in [-0.2, 0) is 0 Å². The fourth-order valence-electron chi connectivity index (χ4n) is 1.47. The average molecular weight is 285 g/mol. The zero-order valence-electron chi connectivity index (χ0n) is 9.26. The molecule has 98 valence electrons. The number of aryl methyl sites for hydroxylation is 1. The van der Waals surface area contributed by atoms with Gasteiger partial charge in [-0.3, -0.25) is 0 Å². The molecule has 0 atom stereocenters. The third kappa shape index (κ3) is 6.71. The predicted octanol–water partition coefficient (Wildman–Crippen LogP) is -3.76. The van der Waals surface area contributed by atoms with E-state index in [9.17, 15) is 0 Å². The zero-order valence-corrected chi connectivity index (χ0v) is 10.8. The van der Waals surface area contributed by atoms with Crippen molar-refractivity contribution in [2.45, 2.75) is 26.2 Å². The van der Waals surface area contributed by atoms with E-state index < -0.39 is 10.2 Å². The first-order valence-corrected chi connectivity index (χ1v) is 7.00. The zero-order chi connectivity index (χ0) is 12.9. The number of piperidine rings is 1. The second-order valence-electron chi connectivity index (χ2n) is 3.50. The van der Waals surface area contributed by atoms with E-state index in [1.54, 1.807) is 0 Å². The van der Waals surface area contributed by atoms with Crippen molar-refractivity contribution >= 4 is 11.5 Å². The molecule has 1 fully saturated rings. The van der Waals surface area contributed by atoms with Crippen LogP contribution < -0.4 is 28.1 Å². The minimum atomic E-state index is -4.94. The Kier molecular flexibility index (Phi) is 5.50. The highest BCUT2D eigenvalue weighted by Crippen LogP contribution is 2.01. The topological polar surface area (TPSA) is 121 Å². The molecular formula is C8H13ClN2O5S. The lowest BCUT2D eigenvalue weighted by atomic mass is 10.2. The Morgan fingerprint density at radius 1 is 1.18 bits per heavy atom. The third-order valence-corrected chi connectivity index (χ3v) is 2.95. The second kappa shape index (κ2) is 6.43. The fraction of sp³-hybridized carbons (Fsp3) is 0.750. The normalized spacial score (nSPS) is 16.4. The molecule has 0 amide bonds. The summed E-state index contributed by atoms with van der Waals surface area (Å²) in [7, 11) is -4.94. The van der Waals surface area contributed by atoms with Crippen LogP contribution in [0.25, 0.3) is 0 Å². The van der Waals surface area contributed by atoms with Crippen LogP contribution in [0.2, 0.25) is 0 Å². The first kappa shape index (κ1) is 14.6. The van der Waals surface area contributed by atoms with Crippen molar-refractivity contribution in [3.05, 3.63) is 10.8 Å². The molecule has 0 bridgehead atoms. The van der Waals surface area contributed by atoms with E-state index in [2.05, 4.69) is 8.95 Å². The highest BCUT2D eigenvalue weighted by Gasteiger charge is 2.14. The van der Waals surface area contributed by atoms with Crippen LogP contribution in [0.3, 0.4) is 0 Å². The number of hydrogen-bond acceptors (Lipinski definition) is 7. The first-order valence-electron chi connectivity index (χ1n) is 4.99. The summed E-state index contributed by atoms with van der Waals surface area (Å²) in [5, 5.41) is 0. The van der Waals surface area contributed by atoms with Crippen LogP contribution in [0.15, 0.2) is 4.42 Å². The van der Waals surface area contributed by atoms with Gasteiger partial charge in [-0.25, -0.2) is 18.6 Å². The van der Waals surface area contributed by atoms with E-state index in [-0.39, 0.29) is 0 Å². The Morgan fingerprint density at radius 2 is 1.71 bits per heavy atom. The van der Waals surface area contributed by atoms with Crippen molar-refractivity contribution in [1.29, 1.82) is 0 Å². The van der Waals surface area contributed by atoms with Crippen molar-refractivity contribution in [1.82, 2.24) is 8.95 Å². The maximum absolute atomic E-state index is 8.49. The molecule has 9 heteroatoms. The Morgan fingerprint density at radius 3 is 2.12 bits per heavy atom. The van der Waals surface area contributed by atoms with Gasteiger partial charge in [0.2, 0.25) is 5.89 Å². The molecule has 1 aromatic heterocycles. The summed E-state index contributed by atoms with van der Waals surface area (Å²) in [4.78, 5) is 0.979. The molecule has 2 heterocycles. The van der Waals surface area contributed by atoms with E-state index in [0.29, 0.717) is 0 Å². The van der Waals surface area contributed by atoms with Gasteiger partial charge >= 0.3 is 4.87 Å². The molecule has 0 spiro atoms. The quantitative estimate of drug-likeness (QED) is 0.451. The molecule has 1 aliphatic rings. The highest BCUT2D eigenvalue weighted by molar-refractivity contribution is 7.02. The van der Waals surface area contributed by atoms with Gasteiger partial charge in [-0.05, 0) is 6.42 Å². The van der Waals surface area contributed by atoms with Gasteiger partial charge < -0.3 is 4.42 Å². The maximum atomic E-state index is 8.49. The van der Waals surface area contributed by atoms with Crippen molar-refractivity contribution < 1.29 is 33.3 Å². The van der Waals surface area contributed by atoms with Crippen molar-refractivity contribution in [2.75, 3.05) is 13.1 Å². The standard InChI is InChI=1S/C8H13N2OS.ClHO4/c1-7-9-12-8(11-7)10-5-3-2-4-6-10;2-1(3,4)5/h2-6H2,1H3;(H,2,3,4,5)/q+1;/p-1. The van der Waals surface area contributed by atoms with E-state index in [1.165, 1.54) is 30.8 Å². The van der Waals surface area contributed by atoms with Gasteiger partial charge in [0.05, 0.1) is 11.5 Å². The maximum Gasteiger partial charge on any atom is 0.449 e. The second-order valence-corrected chi connectivity index (χ2v) is 4.97. The molecule has 1 aromatic rings. The molecule has 7 nitrogen and oxygen atoms in total. The summed E-state index contributed by atoms with van der Waals surface area (Å²) in [6, 6.07) is 0. The van der Waals surface area contributed by atoms with E-state index in [0.717, 1.165) is 23.8 Å². The van der Waals surface area contributed by atoms with E-state index in [1.807, 2.05) is 6.92 Å². The van der Waals surface area contributed by atoms with Gasteiger partial charge in [-0.1, -0.05) is 0 Å². The Bertz CT molecular complexity index is 397. The lowest BCUT2D eigenvalue weighted by molar-refractivity contribution is -2.00. The fourth-order valence-corrected chi connectivity index (χ4v) is 2.17. The summed E-state index contributed by atoms with van der Waals surface area (Å²) in [6.45, 7) is 4.15. The van der Waals surface area contributed by atoms with E-state index in [4.69, 9.17) is 23.1 Å². The van der Waals surface area contributed by atoms with Gasteiger partial charge in [0.15, 0.2) is 0 Å². The summed E-state index contributed by atoms with van der Waals surface area (Å²) in [5.41, 5.74) is 0. The molecule has 0 aromatic carbocycles. The van der Waals surface area contributed by atoms with Crippen LogP contribution >= 0.6 is 11.5 Å². The van der Waals surface area contributed by atoms with Crippen LogP contribution in [0.4, 0.5) is 0 Å². The number of halogens is 1. The smallest absolute Gasteiger partial charge is 0.380 e. The molecule has 0 N–H and O–H groups in total. The summed E-state index contributed by atoms with van der Waals surface area (Å²) in [6.07, 6.45) is 3.92.